The van der Waals surface area contributed by atoms with E-state index in [1.807, 2.05) is 37.3 Å². The van der Waals surface area contributed by atoms with Crippen molar-refractivity contribution in [2.24, 2.45) is 0 Å². The molecule has 3 rings (SSSR count). The summed E-state index contributed by atoms with van der Waals surface area (Å²) < 4.78 is 0. The van der Waals surface area contributed by atoms with Crippen LogP contribution in [-0.4, -0.2) is 23.3 Å². The van der Waals surface area contributed by atoms with Gasteiger partial charge in [0.05, 0.1) is 23.0 Å². The molecule has 25 heavy (non-hydrogen) atoms. The Hall–Kier alpha value is -2.89. The molecule has 6 nitrogen and oxygen atoms in total. The third-order valence-corrected chi connectivity index (χ3v) is 4.28. The number of amides is 2. The van der Waals surface area contributed by atoms with Gasteiger partial charge in [-0.2, -0.15) is 0 Å². The Kier molecular flexibility index (Phi) is 4.97. The van der Waals surface area contributed by atoms with Gasteiger partial charge in [0.15, 0.2) is 0 Å². The first-order valence-electron chi connectivity index (χ1n) is 8.40. The van der Waals surface area contributed by atoms with Crippen LogP contribution in [0.1, 0.15) is 47.1 Å². The minimum Gasteiger partial charge on any atom is -0.383 e. The first kappa shape index (κ1) is 17.0. The molecule has 2 amide bonds. The van der Waals surface area contributed by atoms with Crippen LogP contribution in [0.2, 0.25) is 0 Å². The first-order valence-corrected chi connectivity index (χ1v) is 8.40. The van der Waals surface area contributed by atoms with E-state index in [1.165, 1.54) is 6.92 Å². The number of hydrogen-bond acceptors (Lipinski definition) is 4. The molecule has 1 atom stereocenters. The summed E-state index contributed by atoms with van der Waals surface area (Å²) in [6.45, 7) is 4.81. The number of rotatable bonds is 5. The molecule has 0 radical (unpaired) electrons. The molecule has 3 N–H and O–H groups in total. The van der Waals surface area contributed by atoms with Crippen LogP contribution in [0.15, 0.2) is 36.5 Å². The lowest BCUT2D eigenvalue weighted by molar-refractivity contribution is -0.119. The zero-order valence-electron chi connectivity index (χ0n) is 14.4. The Labute approximate surface area is 147 Å². The van der Waals surface area contributed by atoms with Crippen LogP contribution in [0, 0.1) is 0 Å². The van der Waals surface area contributed by atoms with Gasteiger partial charge < -0.3 is 16.0 Å². The number of carbonyl (C=O) groups excluding carboxylic acids is 2. The molecule has 1 unspecified atom stereocenters. The van der Waals surface area contributed by atoms with Crippen LogP contribution in [0.4, 0.5) is 5.69 Å². The predicted octanol–water partition coefficient (Wildman–Crippen LogP) is 2.18. The van der Waals surface area contributed by atoms with Crippen molar-refractivity contribution in [2.45, 2.75) is 32.9 Å². The molecule has 1 aromatic heterocycles. The van der Waals surface area contributed by atoms with Gasteiger partial charge in [0.1, 0.15) is 0 Å². The van der Waals surface area contributed by atoms with Gasteiger partial charge in [-0.3, -0.25) is 14.6 Å². The van der Waals surface area contributed by atoms with Crippen LogP contribution in [0.5, 0.6) is 0 Å². The van der Waals surface area contributed by atoms with Gasteiger partial charge in [-0.15, -0.1) is 0 Å². The van der Waals surface area contributed by atoms with Crippen molar-refractivity contribution >= 4 is 17.5 Å². The molecule has 0 saturated heterocycles. The molecule has 130 valence electrons. The standard InChI is InChI=1S/C19H22N4O2/c1-12(15-5-3-14(4-6-15)10-21-13(2)24)23-19(25)16-9-18-17(22-11-16)7-8-20-18/h3-6,9,11-12,20H,7-8,10H2,1-2H3,(H,21,24)(H,23,25). The molecule has 0 saturated carbocycles. The largest absolute Gasteiger partial charge is 0.383 e. The average Bonchev–Trinajstić information content (AvgIpc) is 3.08. The number of nitrogens with one attached hydrogen (secondary N) is 3. The number of benzene rings is 1. The first-order chi connectivity index (χ1) is 12.0. The zero-order chi connectivity index (χ0) is 17.8. The van der Waals surface area contributed by atoms with E-state index >= 15 is 0 Å². The van der Waals surface area contributed by atoms with Crippen molar-refractivity contribution in [1.29, 1.82) is 0 Å². The molecular weight excluding hydrogens is 316 g/mol. The second-order valence-corrected chi connectivity index (χ2v) is 6.24. The van der Waals surface area contributed by atoms with Gasteiger partial charge >= 0.3 is 0 Å². The lowest BCUT2D eigenvalue weighted by Crippen LogP contribution is -2.27. The lowest BCUT2D eigenvalue weighted by atomic mass is 10.1. The van der Waals surface area contributed by atoms with Gasteiger partial charge in [-0.25, -0.2) is 0 Å². The molecule has 1 aliphatic rings. The van der Waals surface area contributed by atoms with Crippen molar-refractivity contribution in [2.75, 3.05) is 11.9 Å². The molecular formula is C19H22N4O2. The maximum absolute atomic E-state index is 12.4. The highest BCUT2D eigenvalue weighted by Crippen LogP contribution is 2.21. The predicted molar refractivity (Wildman–Crippen MR) is 96.3 cm³/mol. The van der Waals surface area contributed by atoms with Crippen molar-refractivity contribution in [1.82, 2.24) is 15.6 Å². The van der Waals surface area contributed by atoms with E-state index in [-0.39, 0.29) is 17.9 Å². The maximum atomic E-state index is 12.4. The number of hydrogen-bond donors (Lipinski definition) is 3. The van der Waals surface area contributed by atoms with Crippen LogP contribution in [0.3, 0.4) is 0 Å². The molecule has 6 heteroatoms. The second kappa shape index (κ2) is 7.34. The number of carbonyl (C=O) groups is 2. The summed E-state index contributed by atoms with van der Waals surface area (Å²) in [4.78, 5) is 27.7. The zero-order valence-corrected chi connectivity index (χ0v) is 14.4. The molecule has 0 aliphatic carbocycles. The van der Waals surface area contributed by atoms with Gasteiger partial charge in [0.2, 0.25) is 5.91 Å². The normalized spacial score (nSPS) is 13.5. The van der Waals surface area contributed by atoms with Crippen LogP contribution in [0.25, 0.3) is 0 Å². The Morgan fingerprint density at radius 2 is 2.04 bits per heavy atom. The monoisotopic (exact) mass is 338 g/mol. The Morgan fingerprint density at radius 3 is 2.76 bits per heavy atom. The number of pyridine rings is 1. The highest BCUT2D eigenvalue weighted by Gasteiger charge is 2.16. The topological polar surface area (TPSA) is 83.1 Å². The Morgan fingerprint density at radius 1 is 1.28 bits per heavy atom. The van der Waals surface area contributed by atoms with E-state index in [0.717, 1.165) is 35.5 Å². The third kappa shape index (κ3) is 4.15. The third-order valence-electron chi connectivity index (χ3n) is 4.28. The van der Waals surface area contributed by atoms with Crippen molar-refractivity contribution < 1.29 is 9.59 Å². The number of aromatic nitrogens is 1. The number of fused-ring (bicyclic) bond motifs is 1. The summed E-state index contributed by atoms with van der Waals surface area (Å²) in [5.41, 5.74) is 4.54. The van der Waals surface area contributed by atoms with E-state index < -0.39 is 0 Å². The smallest absolute Gasteiger partial charge is 0.253 e. The van der Waals surface area contributed by atoms with E-state index in [2.05, 4.69) is 20.9 Å². The summed E-state index contributed by atoms with van der Waals surface area (Å²) in [7, 11) is 0. The summed E-state index contributed by atoms with van der Waals surface area (Å²) >= 11 is 0. The summed E-state index contributed by atoms with van der Waals surface area (Å²) in [6.07, 6.45) is 2.53. The van der Waals surface area contributed by atoms with E-state index in [1.54, 1.807) is 6.20 Å². The van der Waals surface area contributed by atoms with Crippen LogP contribution in [-0.2, 0) is 17.8 Å². The molecule has 2 heterocycles. The average molecular weight is 338 g/mol. The van der Waals surface area contributed by atoms with Crippen molar-refractivity contribution in [3.8, 4) is 0 Å². The van der Waals surface area contributed by atoms with E-state index in [9.17, 15) is 9.59 Å². The van der Waals surface area contributed by atoms with Crippen LogP contribution < -0.4 is 16.0 Å². The Bertz CT molecular complexity index is 787. The van der Waals surface area contributed by atoms with Gasteiger partial charge in [-0.1, -0.05) is 24.3 Å². The van der Waals surface area contributed by atoms with E-state index in [4.69, 9.17) is 0 Å². The second-order valence-electron chi connectivity index (χ2n) is 6.24. The van der Waals surface area contributed by atoms with Crippen LogP contribution >= 0.6 is 0 Å². The minimum absolute atomic E-state index is 0.0536. The molecule has 0 fully saturated rings. The summed E-state index contributed by atoms with van der Waals surface area (Å²) in [5.74, 6) is -0.194. The summed E-state index contributed by atoms with van der Waals surface area (Å²) in [5, 5.41) is 8.99. The van der Waals surface area contributed by atoms with Gasteiger partial charge in [-0.05, 0) is 24.1 Å². The van der Waals surface area contributed by atoms with Crippen molar-refractivity contribution in [3.05, 3.63) is 58.9 Å². The SMILES string of the molecule is CC(=O)NCc1ccc(C(C)NC(=O)c2cnc3c(c2)NCC3)cc1. The fourth-order valence-electron chi connectivity index (χ4n) is 2.80. The summed E-state index contributed by atoms with van der Waals surface area (Å²) in [6, 6.07) is 9.57. The molecule has 1 aliphatic heterocycles. The fraction of sp³-hybridized carbons (Fsp3) is 0.316. The van der Waals surface area contributed by atoms with Crippen molar-refractivity contribution in [3.63, 3.8) is 0 Å². The molecule has 0 bridgehead atoms. The molecule has 0 spiro atoms. The number of nitrogens with zero attached hydrogens (tertiary/aromatic N) is 1. The highest BCUT2D eigenvalue weighted by atomic mass is 16.2. The lowest BCUT2D eigenvalue weighted by Gasteiger charge is -2.15. The molecule has 1 aromatic carbocycles. The van der Waals surface area contributed by atoms with E-state index in [0.29, 0.717) is 12.1 Å². The quantitative estimate of drug-likeness (QED) is 0.780. The Balaban J connectivity index is 1.62. The minimum atomic E-state index is -0.140. The van der Waals surface area contributed by atoms with Gasteiger partial charge in [0.25, 0.3) is 5.91 Å². The fourth-order valence-corrected chi connectivity index (χ4v) is 2.80. The maximum Gasteiger partial charge on any atom is 0.253 e. The molecule has 2 aromatic rings. The number of anilines is 1. The van der Waals surface area contributed by atoms with Gasteiger partial charge in [0, 0.05) is 32.6 Å². The highest BCUT2D eigenvalue weighted by molar-refractivity contribution is 5.95.